The lowest BCUT2D eigenvalue weighted by molar-refractivity contribution is 0.0696. The Morgan fingerprint density at radius 2 is 1.81 bits per heavy atom. The molecule has 2 amide bonds. The van der Waals surface area contributed by atoms with E-state index < -0.39 is 17.8 Å². The number of benzene rings is 2. The number of anilines is 2. The normalized spacial score (nSPS) is 10.0. The van der Waals surface area contributed by atoms with Crippen LogP contribution in [0.25, 0.3) is 0 Å². The average molecular weight is 353 g/mol. The number of carboxylic acids is 1. The summed E-state index contributed by atoms with van der Waals surface area (Å²) in [6.07, 6.45) is 0. The van der Waals surface area contributed by atoms with Crippen LogP contribution in [0.2, 0.25) is 0 Å². The van der Waals surface area contributed by atoms with Crippen LogP contribution in [-0.4, -0.2) is 17.1 Å². The van der Waals surface area contributed by atoms with E-state index in [1.807, 2.05) is 0 Å². The van der Waals surface area contributed by atoms with Crippen molar-refractivity contribution in [2.75, 3.05) is 10.6 Å². The third kappa shape index (κ3) is 3.79. The first-order valence-corrected chi connectivity index (χ1v) is 6.62. The lowest BCUT2D eigenvalue weighted by Gasteiger charge is -2.09. The summed E-state index contributed by atoms with van der Waals surface area (Å²) in [5, 5.41) is 13.8. The van der Waals surface area contributed by atoms with Crippen LogP contribution < -0.4 is 10.6 Å². The van der Waals surface area contributed by atoms with E-state index in [-0.39, 0.29) is 16.9 Å². The summed E-state index contributed by atoms with van der Waals surface area (Å²) in [5.41, 5.74) is 0.328. The zero-order valence-corrected chi connectivity index (χ0v) is 12.1. The number of aromatic carboxylic acids is 1. The number of carboxylic acid groups (broad SMARTS) is 1. The molecule has 0 fully saturated rings. The standard InChI is InChI=1S/C14H10BrFN2O3/c15-10-6-5-8(7-9(10)13(19)20)17-14(21)18-12-4-2-1-3-11(12)16/h1-7H,(H,19,20)(H2,17,18,21). The quantitative estimate of drug-likeness (QED) is 0.782. The van der Waals surface area contributed by atoms with Crippen LogP contribution in [0.1, 0.15) is 10.4 Å². The fourth-order valence-corrected chi connectivity index (χ4v) is 2.03. The van der Waals surface area contributed by atoms with Gasteiger partial charge in [-0.05, 0) is 46.3 Å². The van der Waals surface area contributed by atoms with E-state index in [2.05, 4.69) is 26.6 Å². The van der Waals surface area contributed by atoms with E-state index in [9.17, 15) is 14.0 Å². The molecular weight excluding hydrogens is 343 g/mol. The Hall–Kier alpha value is -2.41. The molecular formula is C14H10BrFN2O3. The van der Waals surface area contributed by atoms with Gasteiger partial charge in [0.15, 0.2) is 0 Å². The van der Waals surface area contributed by atoms with Gasteiger partial charge in [0.1, 0.15) is 5.82 Å². The maximum Gasteiger partial charge on any atom is 0.336 e. The molecule has 3 N–H and O–H groups in total. The van der Waals surface area contributed by atoms with E-state index in [1.165, 1.54) is 36.4 Å². The van der Waals surface area contributed by atoms with Crippen molar-refractivity contribution in [1.82, 2.24) is 0 Å². The minimum Gasteiger partial charge on any atom is -0.478 e. The van der Waals surface area contributed by atoms with Crippen LogP contribution in [0.5, 0.6) is 0 Å². The molecule has 0 saturated heterocycles. The molecule has 0 bridgehead atoms. The minimum atomic E-state index is -1.12. The van der Waals surface area contributed by atoms with E-state index in [4.69, 9.17) is 5.11 Å². The van der Waals surface area contributed by atoms with Crippen molar-refractivity contribution in [3.05, 3.63) is 58.3 Å². The summed E-state index contributed by atoms with van der Waals surface area (Å²) in [5.74, 6) is -1.69. The molecule has 108 valence electrons. The Balaban J connectivity index is 2.12. The van der Waals surface area contributed by atoms with Crippen molar-refractivity contribution >= 4 is 39.3 Å². The maximum absolute atomic E-state index is 13.4. The molecule has 21 heavy (non-hydrogen) atoms. The Bertz CT molecular complexity index is 706. The summed E-state index contributed by atoms with van der Waals surface area (Å²) in [7, 11) is 0. The molecule has 2 aromatic carbocycles. The number of para-hydroxylation sites is 1. The molecule has 0 saturated carbocycles. The van der Waals surface area contributed by atoms with Crippen LogP contribution in [0.15, 0.2) is 46.9 Å². The Labute approximate surface area is 127 Å². The lowest BCUT2D eigenvalue weighted by Crippen LogP contribution is -2.20. The number of carbonyl (C=O) groups is 2. The van der Waals surface area contributed by atoms with Crippen LogP contribution in [0.4, 0.5) is 20.6 Å². The number of hydrogen-bond donors (Lipinski definition) is 3. The van der Waals surface area contributed by atoms with Gasteiger partial charge < -0.3 is 15.7 Å². The Morgan fingerprint density at radius 1 is 1.10 bits per heavy atom. The molecule has 0 spiro atoms. The second-order valence-electron chi connectivity index (χ2n) is 4.06. The molecule has 0 aliphatic rings. The number of amides is 2. The molecule has 0 radical (unpaired) electrons. The molecule has 2 aromatic rings. The molecule has 0 aliphatic carbocycles. The lowest BCUT2D eigenvalue weighted by atomic mass is 10.2. The van der Waals surface area contributed by atoms with E-state index in [0.717, 1.165) is 0 Å². The molecule has 2 rings (SSSR count). The van der Waals surface area contributed by atoms with Gasteiger partial charge in [0.2, 0.25) is 0 Å². The van der Waals surface area contributed by atoms with Gasteiger partial charge in [0.25, 0.3) is 0 Å². The smallest absolute Gasteiger partial charge is 0.336 e. The summed E-state index contributed by atoms with van der Waals surface area (Å²) < 4.78 is 13.8. The zero-order chi connectivity index (χ0) is 15.4. The third-order valence-electron chi connectivity index (χ3n) is 2.58. The van der Waals surface area contributed by atoms with E-state index in [0.29, 0.717) is 4.47 Å². The fourth-order valence-electron chi connectivity index (χ4n) is 1.61. The highest BCUT2D eigenvalue weighted by atomic mass is 79.9. The summed E-state index contributed by atoms with van der Waals surface area (Å²) in [6, 6.07) is 9.38. The zero-order valence-electron chi connectivity index (χ0n) is 10.6. The minimum absolute atomic E-state index is 0.0127. The number of rotatable bonds is 3. The molecule has 7 heteroatoms. The second-order valence-corrected chi connectivity index (χ2v) is 4.91. The van der Waals surface area contributed by atoms with E-state index >= 15 is 0 Å². The van der Waals surface area contributed by atoms with Crippen molar-refractivity contribution in [2.24, 2.45) is 0 Å². The second kappa shape index (κ2) is 6.36. The van der Waals surface area contributed by atoms with Gasteiger partial charge in [-0.15, -0.1) is 0 Å². The van der Waals surface area contributed by atoms with Crippen LogP contribution in [0.3, 0.4) is 0 Å². The number of nitrogens with one attached hydrogen (secondary N) is 2. The van der Waals surface area contributed by atoms with Gasteiger partial charge in [0.05, 0.1) is 11.3 Å². The maximum atomic E-state index is 13.4. The van der Waals surface area contributed by atoms with Crippen LogP contribution in [0, 0.1) is 5.82 Å². The Morgan fingerprint density at radius 3 is 2.48 bits per heavy atom. The molecule has 0 unspecified atom stereocenters. The first-order valence-electron chi connectivity index (χ1n) is 5.83. The highest BCUT2D eigenvalue weighted by Crippen LogP contribution is 2.21. The van der Waals surface area contributed by atoms with Crippen molar-refractivity contribution < 1.29 is 19.1 Å². The fraction of sp³-hybridized carbons (Fsp3) is 0. The highest BCUT2D eigenvalue weighted by Gasteiger charge is 2.11. The van der Waals surface area contributed by atoms with Gasteiger partial charge >= 0.3 is 12.0 Å². The first-order chi connectivity index (χ1) is 9.97. The monoisotopic (exact) mass is 352 g/mol. The number of carbonyl (C=O) groups excluding carboxylic acids is 1. The number of hydrogen-bond acceptors (Lipinski definition) is 2. The SMILES string of the molecule is O=C(Nc1ccc(Br)c(C(=O)O)c1)Nc1ccccc1F. The van der Waals surface area contributed by atoms with Gasteiger partial charge in [-0.25, -0.2) is 14.0 Å². The molecule has 0 aliphatic heterocycles. The van der Waals surface area contributed by atoms with Gasteiger partial charge in [-0.1, -0.05) is 12.1 Å². The van der Waals surface area contributed by atoms with Crippen molar-refractivity contribution in [1.29, 1.82) is 0 Å². The molecule has 0 heterocycles. The topological polar surface area (TPSA) is 78.4 Å². The molecule has 0 aromatic heterocycles. The average Bonchev–Trinajstić information content (AvgIpc) is 2.43. The van der Waals surface area contributed by atoms with Crippen molar-refractivity contribution in [3.8, 4) is 0 Å². The Kier molecular flexibility index (Phi) is 4.54. The summed E-state index contributed by atoms with van der Waals surface area (Å²) in [6.45, 7) is 0. The summed E-state index contributed by atoms with van der Waals surface area (Å²) in [4.78, 5) is 22.7. The number of halogens is 2. The van der Waals surface area contributed by atoms with Crippen LogP contribution >= 0.6 is 15.9 Å². The van der Waals surface area contributed by atoms with Crippen molar-refractivity contribution in [3.63, 3.8) is 0 Å². The van der Waals surface area contributed by atoms with E-state index in [1.54, 1.807) is 6.07 Å². The molecule has 5 nitrogen and oxygen atoms in total. The first kappa shape index (κ1) is 15.0. The molecule has 0 atom stereocenters. The van der Waals surface area contributed by atoms with Crippen molar-refractivity contribution in [2.45, 2.75) is 0 Å². The number of urea groups is 1. The summed E-state index contributed by atoms with van der Waals surface area (Å²) >= 11 is 3.10. The van der Waals surface area contributed by atoms with Gasteiger partial charge in [-0.3, -0.25) is 0 Å². The highest BCUT2D eigenvalue weighted by molar-refractivity contribution is 9.10. The van der Waals surface area contributed by atoms with Gasteiger partial charge in [0, 0.05) is 10.2 Å². The third-order valence-corrected chi connectivity index (χ3v) is 3.27. The largest absolute Gasteiger partial charge is 0.478 e. The predicted octanol–water partition coefficient (Wildman–Crippen LogP) is 3.93. The van der Waals surface area contributed by atoms with Gasteiger partial charge in [-0.2, -0.15) is 0 Å². The predicted molar refractivity (Wildman–Crippen MR) is 80.1 cm³/mol. The van der Waals surface area contributed by atoms with Crippen LogP contribution in [-0.2, 0) is 0 Å².